The number of anilines is 1. The first kappa shape index (κ1) is 18.2. The summed E-state index contributed by atoms with van der Waals surface area (Å²) < 4.78 is 5.04. The van der Waals surface area contributed by atoms with Crippen LogP contribution in [0.2, 0.25) is 0 Å². The van der Waals surface area contributed by atoms with Crippen LogP contribution in [0.1, 0.15) is 31.1 Å². The summed E-state index contributed by atoms with van der Waals surface area (Å²) in [5, 5.41) is 25.1. The van der Waals surface area contributed by atoms with E-state index in [1.807, 2.05) is 0 Å². The third kappa shape index (κ3) is 6.20. The van der Waals surface area contributed by atoms with Gasteiger partial charge in [0.25, 0.3) is 5.69 Å². The number of nitrogens with one attached hydrogen (secondary N) is 2. The average molecular weight is 325 g/mol. The normalized spacial score (nSPS) is 10.7. The Morgan fingerprint density at radius 3 is 2.48 bits per heavy atom. The third-order valence-electron chi connectivity index (χ3n) is 2.55. The topological polar surface area (TPSA) is 131 Å². The Labute approximate surface area is 132 Å². The van der Waals surface area contributed by atoms with Crippen molar-refractivity contribution in [3.63, 3.8) is 0 Å². The SMILES string of the molecule is CC(C)(C)OC(=O)NCCNc1ccc(C(=O)O)cc1[N+](=O)[O-]. The number of alkyl carbamates (subject to hydrolysis) is 1. The zero-order valence-corrected chi connectivity index (χ0v) is 13.1. The summed E-state index contributed by atoms with van der Waals surface area (Å²) in [6.07, 6.45) is -0.588. The molecule has 1 aromatic rings. The molecule has 9 nitrogen and oxygen atoms in total. The lowest BCUT2D eigenvalue weighted by Gasteiger charge is -2.19. The standard InChI is InChI=1S/C14H19N3O6/c1-14(2,3)23-13(20)16-7-6-15-10-5-4-9(12(18)19)8-11(10)17(21)22/h4-5,8,15H,6-7H2,1-3H3,(H,16,20)(H,18,19). The maximum Gasteiger partial charge on any atom is 0.407 e. The van der Waals surface area contributed by atoms with Gasteiger partial charge in [0, 0.05) is 19.2 Å². The molecule has 1 rings (SSSR count). The molecule has 0 atom stereocenters. The van der Waals surface area contributed by atoms with Crippen molar-refractivity contribution < 1.29 is 24.4 Å². The van der Waals surface area contributed by atoms with Gasteiger partial charge < -0.3 is 20.5 Å². The molecule has 0 radical (unpaired) electrons. The van der Waals surface area contributed by atoms with Crippen molar-refractivity contribution in [1.29, 1.82) is 0 Å². The van der Waals surface area contributed by atoms with E-state index >= 15 is 0 Å². The minimum Gasteiger partial charge on any atom is -0.478 e. The number of aromatic carboxylic acids is 1. The molecule has 0 saturated carbocycles. The van der Waals surface area contributed by atoms with Crippen LogP contribution in [0.25, 0.3) is 0 Å². The molecule has 9 heteroatoms. The quantitative estimate of drug-likeness (QED) is 0.415. The van der Waals surface area contributed by atoms with Crippen LogP contribution in [0.15, 0.2) is 18.2 Å². The molecule has 3 N–H and O–H groups in total. The van der Waals surface area contributed by atoms with Crippen molar-refractivity contribution in [1.82, 2.24) is 5.32 Å². The van der Waals surface area contributed by atoms with Crippen molar-refractivity contribution >= 4 is 23.4 Å². The van der Waals surface area contributed by atoms with Crippen LogP contribution in [0, 0.1) is 10.1 Å². The predicted octanol–water partition coefficient (Wildman–Crippen LogP) is 2.23. The Bertz CT molecular complexity index is 609. The molecule has 0 heterocycles. The fourth-order valence-corrected chi connectivity index (χ4v) is 1.64. The van der Waals surface area contributed by atoms with E-state index in [0.29, 0.717) is 0 Å². The molecule has 1 amide bonds. The van der Waals surface area contributed by atoms with Crippen LogP contribution >= 0.6 is 0 Å². The molecule has 0 aromatic heterocycles. The zero-order valence-electron chi connectivity index (χ0n) is 13.1. The van der Waals surface area contributed by atoms with E-state index < -0.39 is 22.6 Å². The maximum absolute atomic E-state index is 11.4. The minimum atomic E-state index is -1.24. The lowest BCUT2D eigenvalue weighted by molar-refractivity contribution is -0.384. The van der Waals surface area contributed by atoms with Gasteiger partial charge in [-0.3, -0.25) is 10.1 Å². The molecule has 1 aromatic carbocycles. The zero-order chi connectivity index (χ0) is 17.6. The molecule has 0 unspecified atom stereocenters. The molecular formula is C14H19N3O6. The summed E-state index contributed by atoms with van der Waals surface area (Å²) in [5.74, 6) is -1.24. The van der Waals surface area contributed by atoms with E-state index in [1.165, 1.54) is 12.1 Å². The first-order chi connectivity index (χ1) is 10.6. The van der Waals surface area contributed by atoms with E-state index in [9.17, 15) is 19.7 Å². The van der Waals surface area contributed by atoms with Crippen LogP contribution in [-0.2, 0) is 4.74 Å². The van der Waals surface area contributed by atoms with Crippen molar-refractivity contribution in [3.05, 3.63) is 33.9 Å². The smallest absolute Gasteiger partial charge is 0.407 e. The van der Waals surface area contributed by atoms with Gasteiger partial charge in [0.15, 0.2) is 0 Å². The number of carbonyl (C=O) groups excluding carboxylic acids is 1. The number of hydrogen-bond acceptors (Lipinski definition) is 6. The molecule has 0 saturated heterocycles. The van der Waals surface area contributed by atoms with Gasteiger partial charge in [-0.05, 0) is 32.9 Å². The summed E-state index contributed by atoms with van der Waals surface area (Å²) in [7, 11) is 0. The Morgan fingerprint density at radius 2 is 1.96 bits per heavy atom. The number of carbonyl (C=O) groups is 2. The van der Waals surface area contributed by atoms with Crippen molar-refractivity contribution in [2.24, 2.45) is 0 Å². The number of hydrogen-bond donors (Lipinski definition) is 3. The number of nitro benzene ring substituents is 1. The van der Waals surface area contributed by atoms with Crippen LogP contribution in [-0.4, -0.2) is 40.8 Å². The molecule has 0 aliphatic rings. The maximum atomic E-state index is 11.4. The largest absolute Gasteiger partial charge is 0.478 e. The Morgan fingerprint density at radius 1 is 1.30 bits per heavy atom. The summed E-state index contributed by atoms with van der Waals surface area (Å²) in [4.78, 5) is 32.6. The van der Waals surface area contributed by atoms with Crippen molar-refractivity contribution in [2.45, 2.75) is 26.4 Å². The molecule has 23 heavy (non-hydrogen) atoms. The van der Waals surface area contributed by atoms with Crippen molar-refractivity contribution in [2.75, 3.05) is 18.4 Å². The average Bonchev–Trinajstić information content (AvgIpc) is 2.41. The number of amides is 1. The summed E-state index contributed by atoms with van der Waals surface area (Å²) >= 11 is 0. The minimum absolute atomic E-state index is 0.172. The number of benzene rings is 1. The highest BCUT2D eigenvalue weighted by molar-refractivity contribution is 5.89. The highest BCUT2D eigenvalue weighted by Crippen LogP contribution is 2.25. The van der Waals surface area contributed by atoms with Gasteiger partial charge in [-0.1, -0.05) is 0 Å². The van der Waals surface area contributed by atoms with Gasteiger partial charge in [0.05, 0.1) is 10.5 Å². The number of rotatable bonds is 6. The second-order valence-electron chi connectivity index (χ2n) is 5.65. The molecular weight excluding hydrogens is 306 g/mol. The molecule has 0 bridgehead atoms. The van der Waals surface area contributed by atoms with Crippen LogP contribution < -0.4 is 10.6 Å². The third-order valence-corrected chi connectivity index (χ3v) is 2.55. The fourth-order valence-electron chi connectivity index (χ4n) is 1.64. The van der Waals surface area contributed by atoms with Crippen LogP contribution in [0.5, 0.6) is 0 Å². The monoisotopic (exact) mass is 325 g/mol. The van der Waals surface area contributed by atoms with Gasteiger partial charge in [0.2, 0.25) is 0 Å². The number of nitrogens with zero attached hydrogens (tertiary/aromatic N) is 1. The molecule has 126 valence electrons. The van der Waals surface area contributed by atoms with Crippen LogP contribution in [0.4, 0.5) is 16.2 Å². The molecule has 0 spiro atoms. The Balaban J connectivity index is 2.60. The van der Waals surface area contributed by atoms with Gasteiger partial charge in [-0.2, -0.15) is 0 Å². The second-order valence-corrected chi connectivity index (χ2v) is 5.65. The number of carboxylic acid groups (broad SMARTS) is 1. The lowest BCUT2D eigenvalue weighted by atomic mass is 10.1. The van der Waals surface area contributed by atoms with Gasteiger partial charge in [0.1, 0.15) is 11.3 Å². The predicted molar refractivity (Wildman–Crippen MR) is 82.8 cm³/mol. The van der Waals surface area contributed by atoms with E-state index in [1.54, 1.807) is 20.8 Å². The van der Waals surface area contributed by atoms with E-state index in [4.69, 9.17) is 9.84 Å². The van der Waals surface area contributed by atoms with Crippen molar-refractivity contribution in [3.8, 4) is 0 Å². The first-order valence-corrected chi connectivity index (χ1v) is 6.82. The van der Waals surface area contributed by atoms with E-state index in [2.05, 4.69) is 10.6 Å². The van der Waals surface area contributed by atoms with E-state index in [-0.39, 0.29) is 30.0 Å². The summed E-state index contributed by atoms with van der Waals surface area (Å²) in [5.41, 5.74) is -0.953. The molecule has 0 aliphatic heterocycles. The highest BCUT2D eigenvalue weighted by atomic mass is 16.6. The fraction of sp³-hybridized carbons (Fsp3) is 0.429. The Hall–Kier alpha value is -2.84. The molecule has 0 fully saturated rings. The van der Waals surface area contributed by atoms with Gasteiger partial charge in [-0.25, -0.2) is 9.59 Å². The molecule has 0 aliphatic carbocycles. The van der Waals surface area contributed by atoms with E-state index in [0.717, 1.165) is 6.07 Å². The first-order valence-electron chi connectivity index (χ1n) is 6.82. The Kier molecular flexibility index (Phi) is 5.88. The lowest BCUT2D eigenvalue weighted by Crippen LogP contribution is -2.35. The van der Waals surface area contributed by atoms with Crippen LogP contribution in [0.3, 0.4) is 0 Å². The number of ether oxygens (including phenoxy) is 1. The number of carboxylic acids is 1. The highest BCUT2D eigenvalue weighted by Gasteiger charge is 2.18. The van der Waals surface area contributed by atoms with Gasteiger partial charge in [-0.15, -0.1) is 0 Å². The summed E-state index contributed by atoms with van der Waals surface area (Å²) in [6.45, 7) is 5.60. The van der Waals surface area contributed by atoms with Gasteiger partial charge >= 0.3 is 12.1 Å². The number of nitro groups is 1. The second kappa shape index (κ2) is 7.43. The summed E-state index contributed by atoms with van der Waals surface area (Å²) in [6, 6.07) is 3.56.